The number of hydrogen-bond acceptors (Lipinski definition) is 5. The molecular weight excluding hydrogens is 358 g/mol. The van der Waals surface area contributed by atoms with Gasteiger partial charge in [0.25, 0.3) is 0 Å². The minimum atomic E-state index is -5.17. The summed E-state index contributed by atoms with van der Waals surface area (Å²) in [7, 11) is 1.26. The molecule has 0 radical (unpaired) electrons. The Morgan fingerprint density at radius 1 is 1.35 bits per heavy atom. The number of hydroxylamine groups is 1. The monoisotopic (exact) mass is 375 g/mol. The van der Waals surface area contributed by atoms with Gasteiger partial charge in [0.05, 0.1) is 11.5 Å². The number of carbonyl (C=O) groups is 2. The molecule has 26 heavy (non-hydrogen) atoms. The van der Waals surface area contributed by atoms with E-state index in [9.17, 15) is 27.2 Å². The van der Waals surface area contributed by atoms with Gasteiger partial charge in [0.2, 0.25) is 5.91 Å². The molecule has 2 aliphatic heterocycles. The predicted molar refractivity (Wildman–Crippen MR) is 80.6 cm³/mol. The van der Waals surface area contributed by atoms with Crippen LogP contribution in [0.5, 0.6) is 0 Å². The van der Waals surface area contributed by atoms with E-state index in [-0.39, 0.29) is 13.0 Å². The van der Waals surface area contributed by atoms with Crippen LogP contribution in [-0.2, 0) is 20.8 Å². The zero-order chi connectivity index (χ0) is 19.1. The predicted octanol–water partition coefficient (Wildman–Crippen LogP) is 1.43. The van der Waals surface area contributed by atoms with Crippen molar-refractivity contribution in [3.8, 4) is 0 Å². The molecule has 1 amide bonds. The van der Waals surface area contributed by atoms with Gasteiger partial charge in [-0.05, 0) is 42.3 Å². The standard InChI is InChI=1S/C16H17F4N3O3/c1-22-13(24)15(8-10-2-4-11(17)5-3-10)9-21-7-6-12(15)23(22)26-14(25)16(18,19)20/h2-5,12,21H,6-9H2,1H3/t12?,15-/m0/s1. The molecule has 3 rings (SSSR count). The molecule has 2 fully saturated rings. The lowest BCUT2D eigenvalue weighted by atomic mass is 9.72. The maximum Gasteiger partial charge on any atom is 0.492 e. The number of rotatable bonds is 3. The maximum atomic E-state index is 13.1. The van der Waals surface area contributed by atoms with Gasteiger partial charge in [0, 0.05) is 13.6 Å². The number of hydrogen-bond donors (Lipinski definition) is 1. The quantitative estimate of drug-likeness (QED) is 0.810. The molecule has 2 heterocycles. The first-order valence-corrected chi connectivity index (χ1v) is 7.97. The SMILES string of the molecule is CN1C(=O)[C@@]2(Cc3ccc(F)cc3)CNCCC2N1OC(=O)C(F)(F)F. The van der Waals surface area contributed by atoms with Gasteiger partial charge in [0.1, 0.15) is 5.82 Å². The van der Waals surface area contributed by atoms with Crippen molar-refractivity contribution >= 4 is 11.9 Å². The van der Waals surface area contributed by atoms with Gasteiger partial charge < -0.3 is 10.2 Å². The van der Waals surface area contributed by atoms with Gasteiger partial charge in [-0.1, -0.05) is 12.1 Å². The molecule has 0 spiro atoms. The molecule has 2 aliphatic rings. The normalized spacial score (nSPS) is 26.7. The van der Waals surface area contributed by atoms with Crippen LogP contribution in [0.1, 0.15) is 12.0 Å². The van der Waals surface area contributed by atoms with Crippen molar-refractivity contribution in [2.24, 2.45) is 5.41 Å². The van der Waals surface area contributed by atoms with Crippen molar-refractivity contribution in [3.63, 3.8) is 0 Å². The number of nitrogens with zero attached hydrogens (tertiary/aromatic N) is 2. The lowest BCUT2D eigenvalue weighted by molar-refractivity contribution is -0.286. The molecule has 0 bridgehead atoms. The minimum absolute atomic E-state index is 0.175. The van der Waals surface area contributed by atoms with Crippen LogP contribution in [-0.4, -0.2) is 54.4 Å². The van der Waals surface area contributed by atoms with Crippen LogP contribution in [0.2, 0.25) is 0 Å². The highest BCUT2D eigenvalue weighted by atomic mass is 19.4. The van der Waals surface area contributed by atoms with E-state index in [0.29, 0.717) is 18.5 Å². The molecule has 6 nitrogen and oxygen atoms in total. The Morgan fingerprint density at radius 2 is 2.00 bits per heavy atom. The molecule has 2 saturated heterocycles. The topological polar surface area (TPSA) is 61.9 Å². The lowest BCUT2D eigenvalue weighted by Gasteiger charge is -2.38. The van der Waals surface area contributed by atoms with E-state index >= 15 is 0 Å². The minimum Gasteiger partial charge on any atom is -0.340 e. The average Bonchev–Trinajstić information content (AvgIpc) is 2.78. The van der Waals surface area contributed by atoms with E-state index in [1.807, 2.05) is 0 Å². The number of piperidine rings is 1. The average molecular weight is 375 g/mol. The van der Waals surface area contributed by atoms with E-state index in [2.05, 4.69) is 10.2 Å². The molecule has 142 valence electrons. The van der Waals surface area contributed by atoms with Crippen molar-refractivity contribution in [2.75, 3.05) is 20.1 Å². The Morgan fingerprint density at radius 3 is 2.62 bits per heavy atom. The van der Waals surface area contributed by atoms with E-state index in [0.717, 1.165) is 10.2 Å². The van der Waals surface area contributed by atoms with E-state index < -0.39 is 35.3 Å². The van der Waals surface area contributed by atoms with Crippen LogP contribution in [0, 0.1) is 11.2 Å². The second kappa shape index (κ2) is 6.51. The fourth-order valence-electron chi connectivity index (χ4n) is 3.59. The Hall–Kier alpha value is -2.20. The molecule has 0 aliphatic carbocycles. The van der Waals surface area contributed by atoms with Crippen molar-refractivity contribution in [2.45, 2.75) is 25.1 Å². The highest BCUT2D eigenvalue weighted by Crippen LogP contribution is 2.42. The van der Waals surface area contributed by atoms with Crippen LogP contribution < -0.4 is 5.32 Å². The highest BCUT2D eigenvalue weighted by Gasteiger charge is 2.60. The third-order valence-electron chi connectivity index (χ3n) is 4.80. The van der Waals surface area contributed by atoms with Crippen molar-refractivity contribution in [1.82, 2.24) is 15.5 Å². The smallest absolute Gasteiger partial charge is 0.340 e. The molecule has 1 aromatic carbocycles. The van der Waals surface area contributed by atoms with Crippen molar-refractivity contribution in [3.05, 3.63) is 35.6 Å². The Balaban J connectivity index is 1.91. The zero-order valence-corrected chi connectivity index (χ0v) is 13.8. The maximum absolute atomic E-state index is 13.1. The Bertz CT molecular complexity index is 710. The molecule has 1 unspecified atom stereocenters. The summed E-state index contributed by atoms with van der Waals surface area (Å²) in [4.78, 5) is 28.6. The van der Waals surface area contributed by atoms with Crippen LogP contribution in [0.15, 0.2) is 24.3 Å². The van der Waals surface area contributed by atoms with Gasteiger partial charge in [-0.2, -0.15) is 13.2 Å². The fourth-order valence-corrected chi connectivity index (χ4v) is 3.59. The second-order valence-corrected chi connectivity index (χ2v) is 6.45. The van der Waals surface area contributed by atoms with Crippen LogP contribution >= 0.6 is 0 Å². The number of benzene rings is 1. The first kappa shape index (κ1) is 18.6. The summed E-state index contributed by atoms with van der Waals surface area (Å²) in [5, 5.41) is 4.71. The first-order valence-electron chi connectivity index (χ1n) is 7.97. The molecule has 0 saturated carbocycles. The highest BCUT2D eigenvalue weighted by molar-refractivity contribution is 5.86. The summed E-state index contributed by atoms with van der Waals surface area (Å²) < 4.78 is 50.9. The third-order valence-corrected chi connectivity index (χ3v) is 4.80. The molecular formula is C16H17F4N3O3. The molecule has 1 aromatic rings. The number of carbonyl (C=O) groups excluding carboxylic acids is 2. The largest absolute Gasteiger partial charge is 0.492 e. The molecule has 0 aromatic heterocycles. The third kappa shape index (κ3) is 3.14. The van der Waals surface area contributed by atoms with Gasteiger partial charge in [-0.3, -0.25) is 4.79 Å². The zero-order valence-electron chi connectivity index (χ0n) is 13.8. The van der Waals surface area contributed by atoms with Gasteiger partial charge in [-0.15, -0.1) is 0 Å². The number of amides is 1. The lowest BCUT2D eigenvalue weighted by Crippen LogP contribution is -2.55. The summed E-state index contributed by atoms with van der Waals surface area (Å²) >= 11 is 0. The second-order valence-electron chi connectivity index (χ2n) is 6.45. The van der Waals surface area contributed by atoms with Crippen LogP contribution in [0.25, 0.3) is 0 Å². The summed E-state index contributed by atoms with van der Waals surface area (Å²) in [6.45, 7) is 0.662. The van der Waals surface area contributed by atoms with Crippen molar-refractivity contribution in [1.29, 1.82) is 0 Å². The number of halogens is 4. The number of nitrogens with one attached hydrogen (secondary N) is 1. The summed E-state index contributed by atoms with van der Waals surface area (Å²) in [5.74, 6) is -3.28. The van der Waals surface area contributed by atoms with Crippen LogP contribution in [0.3, 0.4) is 0 Å². The first-order chi connectivity index (χ1) is 12.1. The van der Waals surface area contributed by atoms with E-state index in [1.165, 1.54) is 31.3 Å². The number of fused-ring (bicyclic) bond motifs is 1. The van der Waals surface area contributed by atoms with E-state index in [1.54, 1.807) is 0 Å². The van der Waals surface area contributed by atoms with Gasteiger partial charge in [0.15, 0.2) is 0 Å². The fraction of sp³-hybridized carbons (Fsp3) is 0.500. The molecule has 2 atom stereocenters. The molecule has 1 N–H and O–H groups in total. The Labute approximate surface area is 146 Å². The van der Waals surface area contributed by atoms with Gasteiger partial charge >= 0.3 is 12.1 Å². The molecule has 10 heteroatoms. The van der Waals surface area contributed by atoms with Crippen molar-refractivity contribution < 1.29 is 32.0 Å². The Kier molecular flexibility index (Phi) is 4.65. The summed E-state index contributed by atoms with van der Waals surface area (Å²) in [5.41, 5.74) is -0.456. The summed E-state index contributed by atoms with van der Waals surface area (Å²) in [6.07, 6.45) is -4.68. The van der Waals surface area contributed by atoms with Crippen LogP contribution in [0.4, 0.5) is 17.6 Å². The number of alkyl halides is 3. The van der Waals surface area contributed by atoms with E-state index in [4.69, 9.17) is 0 Å². The summed E-state index contributed by atoms with van der Waals surface area (Å²) in [6, 6.07) is 4.79. The number of hydrazine groups is 1. The van der Waals surface area contributed by atoms with Gasteiger partial charge in [-0.25, -0.2) is 14.2 Å².